The minimum atomic E-state index is -2.09. The van der Waals surface area contributed by atoms with Crippen LogP contribution in [0.1, 0.15) is 5.76 Å². The topological polar surface area (TPSA) is 39.4 Å². The van der Waals surface area contributed by atoms with Gasteiger partial charge in [-0.2, -0.15) is 0 Å². The Bertz CT molecular complexity index is 1030. The van der Waals surface area contributed by atoms with Gasteiger partial charge in [0.2, 0.25) is 11.2 Å². The lowest BCUT2D eigenvalue weighted by molar-refractivity contribution is -0.00000648. The zero-order valence-electron chi connectivity index (χ0n) is 16.6. The number of ether oxygens (including phenoxy) is 1. The average Bonchev–Trinajstić information content (AvgIpc) is 2.79. The van der Waals surface area contributed by atoms with E-state index in [1.54, 1.807) is 6.07 Å². The summed E-state index contributed by atoms with van der Waals surface area (Å²) in [6, 6.07) is 33.1. The van der Waals surface area contributed by atoms with Crippen LogP contribution in [0.25, 0.3) is 0 Å². The van der Waals surface area contributed by atoms with Gasteiger partial charge in [-0.25, -0.2) is 0 Å². The number of hydrogen-bond acceptors (Lipinski definition) is 3. The third-order valence-electron chi connectivity index (χ3n) is 5.06. The van der Waals surface area contributed by atoms with E-state index in [0.29, 0.717) is 11.9 Å². The normalized spacial score (nSPS) is 10.8. The lowest BCUT2D eigenvalue weighted by Crippen LogP contribution is -3.00. The van der Waals surface area contributed by atoms with Gasteiger partial charge in [-0.15, -0.1) is 0 Å². The van der Waals surface area contributed by atoms with Crippen molar-refractivity contribution < 1.29 is 21.6 Å². The first-order valence-corrected chi connectivity index (χ1v) is 11.4. The average molecular weight is 437 g/mol. The fourth-order valence-electron chi connectivity index (χ4n) is 3.67. The molecule has 30 heavy (non-hydrogen) atoms. The first-order chi connectivity index (χ1) is 14.2. The predicted molar refractivity (Wildman–Crippen MR) is 120 cm³/mol. The highest BCUT2D eigenvalue weighted by Gasteiger charge is 2.46. The minimum Gasteiger partial charge on any atom is -1.00 e. The fraction of sp³-hybridized carbons (Fsp3) is 0.0800. The second kappa shape index (κ2) is 9.75. The van der Waals surface area contributed by atoms with E-state index in [1.165, 1.54) is 29.3 Å². The largest absolute Gasteiger partial charge is 1.00 e. The third kappa shape index (κ3) is 4.18. The first-order valence-electron chi connectivity index (χ1n) is 9.45. The molecule has 0 atom stereocenters. The molecule has 3 nitrogen and oxygen atoms in total. The summed E-state index contributed by atoms with van der Waals surface area (Å²) in [6.07, 6.45) is 2.03. The molecule has 0 unspecified atom stereocenters. The van der Waals surface area contributed by atoms with E-state index in [-0.39, 0.29) is 23.6 Å². The van der Waals surface area contributed by atoms with Crippen LogP contribution in [-0.2, 0) is 6.16 Å². The van der Waals surface area contributed by atoms with E-state index in [4.69, 9.17) is 9.15 Å². The molecule has 0 aliphatic heterocycles. The SMILES string of the molecule is COc1coc(C[P+](c2ccccc2)(c2ccccc2)c2ccccc2)cc1=O.[Cl-]. The zero-order chi connectivity index (χ0) is 20.1. The smallest absolute Gasteiger partial charge is 0.227 e. The molecule has 0 N–H and O–H groups in total. The molecule has 152 valence electrons. The fourth-order valence-corrected chi connectivity index (χ4v) is 7.79. The highest BCUT2D eigenvalue weighted by molar-refractivity contribution is 7.95. The van der Waals surface area contributed by atoms with Gasteiger partial charge in [-0.3, -0.25) is 4.79 Å². The molecule has 0 spiro atoms. The molecule has 0 fully saturated rings. The molecule has 0 amide bonds. The molecule has 4 aromatic rings. The van der Waals surface area contributed by atoms with Crippen molar-refractivity contribution in [3.63, 3.8) is 0 Å². The summed E-state index contributed by atoms with van der Waals surface area (Å²) in [5, 5.41) is 3.74. The summed E-state index contributed by atoms with van der Waals surface area (Å²) in [6.45, 7) is 0. The minimum absolute atomic E-state index is 0. The summed E-state index contributed by atoms with van der Waals surface area (Å²) in [4.78, 5) is 12.4. The number of rotatable bonds is 6. The van der Waals surface area contributed by atoms with Crippen LogP contribution >= 0.6 is 7.26 Å². The van der Waals surface area contributed by atoms with Crippen LogP contribution in [0, 0.1) is 0 Å². The van der Waals surface area contributed by atoms with E-state index in [0.717, 1.165) is 0 Å². The molecular weight excluding hydrogens is 415 g/mol. The molecule has 5 heteroatoms. The van der Waals surface area contributed by atoms with Crippen molar-refractivity contribution in [3.8, 4) is 5.75 Å². The monoisotopic (exact) mass is 436 g/mol. The maximum Gasteiger partial charge on any atom is 0.227 e. The van der Waals surface area contributed by atoms with Crippen molar-refractivity contribution in [2.75, 3.05) is 7.11 Å². The van der Waals surface area contributed by atoms with Gasteiger partial charge < -0.3 is 21.6 Å². The molecule has 0 saturated carbocycles. The van der Waals surface area contributed by atoms with Gasteiger partial charge in [0.25, 0.3) is 0 Å². The Hall–Kier alpha value is -2.87. The first kappa shape index (κ1) is 21.8. The molecule has 0 aliphatic rings. The maximum absolute atomic E-state index is 12.4. The van der Waals surface area contributed by atoms with Crippen LogP contribution in [0.3, 0.4) is 0 Å². The highest BCUT2D eigenvalue weighted by atomic mass is 35.5. The summed E-state index contributed by atoms with van der Waals surface area (Å²) in [5.74, 6) is 0.873. The Balaban J connectivity index is 0.00000256. The number of halogens is 1. The predicted octanol–water partition coefficient (Wildman–Crippen LogP) is 1.15. The molecule has 1 heterocycles. The van der Waals surface area contributed by atoms with Gasteiger partial charge in [-0.1, -0.05) is 54.6 Å². The van der Waals surface area contributed by atoms with Crippen molar-refractivity contribution in [2.24, 2.45) is 0 Å². The van der Waals surface area contributed by atoms with Gasteiger partial charge in [0, 0.05) is 6.07 Å². The van der Waals surface area contributed by atoms with E-state index >= 15 is 0 Å². The second-order valence-electron chi connectivity index (χ2n) is 6.75. The number of hydrogen-bond donors (Lipinski definition) is 0. The van der Waals surface area contributed by atoms with Gasteiger partial charge in [0.1, 0.15) is 41.4 Å². The van der Waals surface area contributed by atoms with E-state index in [1.807, 2.05) is 18.2 Å². The quantitative estimate of drug-likeness (QED) is 0.426. The molecule has 0 aliphatic carbocycles. The van der Waals surface area contributed by atoms with Crippen LogP contribution in [-0.4, -0.2) is 7.11 Å². The summed E-state index contributed by atoms with van der Waals surface area (Å²) < 4.78 is 10.9. The van der Waals surface area contributed by atoms with Crippen molar-refractivity contribution in [1.82, 2.24) is 0 Å². The van der Waals surface area contributed by atoms with Crippen molar-refractivity contribution in [3.05, 3.63) is 119 Å². The number of methoxy groups -OCH3 is 1. The Morgan fingerprint density at radius 3 is 1.57 bits per heavy atom. The van der Waals surface area contributed by atoms with Crippen LogP contribution in [0.4, 0.5) is 0 Å². The maximum atomic E-state index is 12.4. The molecule has 0 radical (unpaired) electrons. The molecule has 1 aromatic heterocycles. The Morgan fingerprint density at radius 1 is 0.767 bits per heavy atom. The highest BCUT2D eigenvalue weighted by Crippen LogP contribution is 2.58. The summed E-state index contributed by atoms with van der Waals surface area (Å²) in [7, 11) is -0.619. The van der Waals surface area contributed by atoms with Gasteiger partial charge in [-0.05, 0) is 36.4 Å². The Labute approximate surface area is 183 Å². The van der Waals surface area contributed by atoms with Crippen molar-refractivity contribution in [2.45, 2.75) is 6.16 Å². The van der Waals surface area contributed by atoms with E-state index in [2.05, 4.69) is 72.8 Å². The summed E-state index contributed by atoms with van der Waals surface area (Å²) in [5.41, 5.74) is -0.166. The number of benzene rings is 3. The van der Waals surface area contributed by atoms with Crippen LogP contribution in [0.5, 0.6) is 5.75 Å². The van der Waals surface area contributed by atoms with E-state index in [9.17, 15) is 4.79 Å². The van der Waals surface area contributed by atoms with Crippen LogP contribution < -0.4 is 38.5 Å². The van der Waals surface area contributed by atoms with Crippen LogP contribution in [0.15, 0.2) is 113 Å². The van der Waals surface area contributed by atoms with Gasteiger partial charge in [0.15, 0.2) is 0 Å². The second-order valence-corrected chi connectivity index (χ2v) is 10.2. The molecule has 3 aromatic carbocycles. The Morgan fingerprint density at radius 2 is 1.20 bits per heavy atom. The molecular formula is C25H22ClO3P. The van der Waals surface area contributed by atoms with Crippen molar-refractivity contribution in [1.29, 1.82) is 0 Å². The summed E-state index contributed by atoms with van der Waals surface area (Å²) >= 11 is 0. The lowest BCUT2D eigenvalue weighted by Gasteiger charge is -2.27. The molecule has 0 saturated heterocycles. The molecule has 0 bridgehead atoms. The standard InChI is InChI=1S/C25H22O3P.ClH/c1-27-25-18-28-20(17-24(25)26)19-29(21-11-5-2-6-12-21,22-13-7-3-8-14-22)23-15-9-4-10-16-23;/h2-18H,19H2,1H3;1H/q+1;/p-1. The Kier molecular flexibility index (Phi) is 7.10. The van der Waals surface area contributed by atoms with E-state index < -0.39 is 7.26 Å². The van der Waals surface area contributed by atoms with Crippen LogP contribution in [0.2, 0.25) is 0 Å². The van der Waals surface area contributed by atoms with Crippen molar-refractivity contribution >= 4 is 23.2 Å². The zero-order valence-corrected chi connectivity index (χ0v) is 18.2. The molecule has 4 rings (SSSR count). The third-order valence-corrected chi connectivity index (χ3v) is 9.38. The lowest BCUT2D eigenvalue weighted by atomic mass is 10.3. The van der Waals surface area contributed by atoms with Gasteiger partial charge in [0.05, 0.1) is 7.11 Å². The van der Waals surface area contributed by atoms with Gasteiger partial charge >= 0.3 is 0 Å².